The molecule has 2 rings (SSSR count). The van der Waals surface area contributed by atoms with Crippen molar-refractivity contribution in [2.24, 2.45) is 0 Å². The molecule has 1 amide bonds. The molecule has 0 aliphatic carbocycles. The number of amides is 1. The second-order valence-electron chi connectivity index (χ2n) is 4.33. The van der Waals surface area contributed by atoms with E-state index in [2.05, 4.69) is 10.6 Å². The van der Waals surface area contributed by atoms with Crippen molar-refractivity contribution in [3.63, 3.8) is 0 Å². The predicted octanol–water partition coefficient (Wildman–Crippen LogP) is 0.830. The average molecular weight is 265 g/mol. The molecule has 1 saturated heterocycles. The van der Waals surface area contributed by atoms with Crippen LogP contribution in [0, 0.1) is 17.0 Å². The van der Waals surface area contributed by atoms with Gasteiger partial charge in [-0.25, -0.2) is 0 Å². The first-order chi connectivity index (χ1) is 9.08. The van der Waals surface area contributed by atoms with E-state index >= 15 is 0 Å². The van der Waals surface area contributed by atoms with Gasteiger partial charge >= 0.3 is 0 Å². The summed E-state index contributed by atoms with van der Waals surface area (Å²) in [6.45, 7) is 3.20. The molecule has 0 bridgehead atoms. The molecule has 0 aromatic heterocycles. The maximum Gasteiger partial charge on any atom is 0.272 e. The number of nitro groups is 1. The zero-order valence-electron chi connectivity index (χ0n) is 10.5. The molecule has 1 aromatic carbocycles. The standard InChI is InChI=1S/C12H15N3O4/c1-8-6-9(2-3-11(8)15(17)18)14-12(16)10-7-19-5-4-13-10/h2-3,6,10,13H,4-5,7H2,1H3,(H,14,16). The van der Waals surface area contributed by atoms with E-state index in [0.29, 0.717) is 31.0 Å². The minimum absolute atomic E-state index is 0.0390. The van der Waals surface area contributed by atoms with E-state index in [4.69, 9.17) is 4.74 Å². The van der Waals surface area contributed by atoms with Crippen LogP contribution in [0.5, 0.6) is 0 Å². The van der Waals surface area contributed by atoms with Gasteiger partial charge in [-0.3, -0.25) is 14.9 Å². The SMILES string of the molecule is Cc1cc(NC(=O)C2COCCN2)ccc1[N+](=O)[O-]. The number of benzene rings is 1. The van der Waals surface area contributed by atoms with E-state index in [-0.39, 0.29) is 17.6 Å². The summed E-state index contributed by atoms with van der Waals surface area (Å²) in [6, 6.07) is 4.10. The number of carbonyl (C=O) groups is 1. The molecular weight excluding hydrogens is 250 g/mol. The number of nitro benzene ring substituents is 1. The van der Waals surface area contributed by atoms with Gasteiger partial charge in [0.15, 0.2) is 0 Å². The summed E-state index contributed by atoms with van der Waals surface area (Å²) in [5.74, 6) is -0.201. The highest BCUT2D eigenvalue weighted by atomic mass is 16.6. The lowest BCUT2D eigenvalue weighted by atomic mass is 10.1. The van der Waals surface area contributed by atoms with Gasteiger partial charge in [0.2, 0.25) is 5.91 Å². The minimum atomic E-state index is -0.447. The van der Waals surface area contributed by atoms with Crippen molar-refractivity contribution in [3.05, 3.63) is 33.9 Å². The second kappa shape index (κ2) is 5.77. The van der Waals surface area contributed by atoms with E-state index in [1.807, 2.05) is 0 Å². The monoisotopic (exact) mass is 265 g/mol. The topological polar surface area (TPSA) is 93.5 Å². The minimum Gasteiger partial charge on any atom is -0.378 e. The summed E-state index contributed by atoms with van der Waals surface area (Å²) in [7, 11) is 0. The summed E-state index contributed by atoms with van der Waals surface area (Å²) in [4.78, 5) is 22.2. The van der Waals surface area contributed by atoms with Crippen molar-refractivity contribution < 1.29 is 14.5 Å². The Morgan fingerprint density at radius 2 is 2.37 bits per heavy atom. The van der Waals surface area contributed by atoms with Crippen LogP contribution in [0.15, 0.2) is 18.2 Å². The van der Waals surface area contributed by atoms with Crippen molar-refractivity contribution in [1.29, 1.82) is 0 Å². The third kappa shape index (κ3) is 3.27. The maximum absolute atomic E-state index is 11.9. The quantitative estimate of drug-likeness (QED) is 0.623. The van der Waals surface area contributed by atoms with E-state index in [9.17, 15) is 14.9 Å². The van der Waals surface area contributed by atoms with Gasteiger partial charge in [-0.05, 0) is 19.1 Å². The Morgan fingerprint density at radius 3 is 2.95 bits per heavy atom. The van der Waals surface area contributed by atoms with E-state index in [1.54, 1.807) is 13.0 Å². The van der Waals surface area contributed by atoms with Crippen LogP contribution >= 0.6 is 0 Å². The molecule has 1 fully saturated rings. The van der Waals surface area contributed by atoms with Gasteiger partial charge in [0.05, 0.1) is 18.1 Å². The fourth-order valence-electron chi connectivity index (χ4n) is 1.90. The molecule has 1 atom stereocenters. The molecule has 0 spiro atoms. The molecular formula is C12H15N3O4. The summed E-state index contributed by atoms with van der Waals surface area (Å²) < 4.78 is 5.20. The zero-order valence-corrected chi connectivity index (χ0v) is 10.5. The van der Waals surface area contributed by atoms with Gasteiger partial charge < -0.3 is 15.4 Å². The fraction of sp³-hybridized carbons (Fsp3) is 0.417. The lowest BCUT2D eigenvalue weighted by Crippen LogP contribution is -2.48. The summed E-state index contributed by atoms with van der Waals surface area (Å²) in [6.07, 6.45) is 0. The van der Waals surface area contributed by atoms with Gasteiger partial charge in [-0.15, -0.1) is 0 Å². The number of rotatable bonds is 3. The first kappa shape index (κ1) is 13.4. The van der Waals surface area contributed by atoms with Crippen LogP contribution in [0.1, 0.15) is 5.56 Å². The van der Waals surface area contributed by atoms with E-state index < -0.39 is 4.92 Å². The van der Waals surface area contributed by atoms with Crippen LogP contribution in [-0.2, 0) is 9.53 Å². The second-order valence-corrected chi connectivity index (χ2v) is 4.33. The predicted molar refractivity (Wildman–Crippen MR) is 69.1 cm³/mol. The highest BCUT2D eigenvalue weighted by Gasteiger charge is 2.21. The van der Waals surface area contributed by atoms with Crippen LogP contribution in [0.4, 0.5) is 11.4 Å². The summed E-state index contributed by atoms with van der Waals surface area (Å²) in [5.41, 5.74) is 1.09. The Morgan fingerprint density at radius 1 is 1.58 bits per heavy atom. The van der Waals surface area contributed by atoms with Crippen molar-refractivity contribution in [2.75, 3.05) is 25.1 Å². The summed E-state index contributed by atoms with van der Waals surface area (Å²) >= 11 is 0. The molecule has 7 nitrogen and oxygen atoms in total. The first-order valence-electron chi connectivity index (χ1n) is 5.95. The number of carbonyl (C=O) groups excluding carboxylic acids is 1. The van der Waals surface area contributed by atoms with Crippen LogP contribution in [0.25, 0.3) is 0 Å². The number of hydrogen-bond acceptors (Lipinski definition) is 5. The first-order valence-corrected chi connectivity index (χ1v) is 5.95. The van der Waals surface area contributed by atoms with E-state index in [1.165, 1.54) is 12.1 Å². The average Bonchev–Trinajstić information content (AvgIpc) is 2.39. The van der Waals surface area contributed by atoms with Crippen molar-refractivity contribution in [1.82, 2.24) is 5.32 Å². The molecule has 1 unspecified atom stereocenters. The number of morpholine rings is 1. The molecule has 1 aliphatic rings. The Labute approximate surface area is 110 Å². The number of aryl methyl sites for hydroxylation is 1. The Kier molecular flexibility index (Phi) is 4.08. The van der Waals surface area contributed by atoms with Gasteiger partial charge in [0.25, 0.3) is 5.69 Å². The third-order valence-corrected chi connectivity index (χ3v) is 2.90. The number of ether oxygens (including phenoxy) is 1. The van der Waals surface area contributed by atoms with Crippen LogP contribution in [0.2, 0.25) is 0 Å². The van der Waals surface area contributed by atoms with Crippen LogP contribution in [-0.4, -0.2) is 36.6 Å². The van der Waals surface area contributed by atoms with Gasteiger partial charge in [0, 0.05) is 23.9 Å². The molecule has 1 heterocycles. The summed E-state index contributed by atoms with van der Waals surface area (Å²) in [5, 5.41) is 16.4. The number of nitrogens with one attached hydrogen (secondary N) is 2. The number of nitrogens with zero attached hydrogens (tertiary/aromatic N) is 1. The Bertz CT molecular complexity index is 498. The fourth-order valence-corrected chi connectivity index (χ4v) is 1.90. The maximum atomic E-state index is 11.9. The molecule has 2 N–H and O–H groups in total. The van der Waals surface area contributed by atoms with Crippen molar-refractivity contribution in [3.8, 4) is 0 Å². The molecule has 0 saturated carbocycles. The van der Waals surface area contributed by atoms with Gasteiger partial charge in [0.1, 0.15) is 6.04 Å². The molecule has 1 aliphatic heterocycles. The normalized spacial score (nSPS) is 18.9. The van der Waals surface area contributed by atoms with Gasteiger partial charge in [-0.2, -0.15) is 0 Å². The molecule has 0 radical (unpaired) electrons. The van der Waals surface area contributed by atoms with Crippen molar-refractivity contribution in [2.45, 2.75) is 13.0 Å². The molecule has 102 valence electrons. The van der Waals surface area contributed by atoms with Crippen LogP contribution in [0.3, 0.4) is 0 Å². The smallest absolute Gasteiger partial charge is 0.272 e. The lowest BCUT2D eigenvalue weighted by Gasteiger charge is -2.22. The largest absolute Gasteiger partial charge is 0.378 e. The third-order valence-electron chi connectivity index (χ3n) is 2.90. The Hall–Kier alpha value is -1.99. The molecule has 1 aromatic rings. The Balaban J connectivity index is 2.04. The highest BCUT2D eigenvalue weighted by Crippen LogP contribution is 2.21. The lowest BCUT2D eigenvalue weighted by molar-refractivity contribution is -0.385. The van der Waals surface area contributed by atoms with Gasteiger partial charge in [-0.1, -0.05) is 0 Å². The van der Waals surface area contributed by atoms with Crippen LogP contribution < -0.4 is 10.6 Å². The van der Waals surface area contributed by atoms with E-state index in [0.717, 1.165) is 0 Å². The highest BCUT2D eigenvalue weighted by molar-refractivity contribution is 5.95. The number of hydrogen-bond donors (Lipinski definition) is 2. The van der Waals surface area contributed by atoms with Crippen molar-refractivity contribution >= 4 is 17.3 Å². The molecule has 19 heavy (non-hydrogen) atoms. The molecule has 7 heteroatoms. The zero-order chi connectivity index (χ0) is 13.8. The number of anilines is 1.